The lowest BCUT2D eigenvalue weighted by Gasteiger charge is -2.54. The number of aryl methyl sites for hydroxylation is 2. The van der Waals surface area contributed by atoms with Crippen LogP contribution in [0.3, 0.4) is 0 Å². The van der Waals surface area contributed by atoms with Crippen molar-refractivity contribution in [3.8, 4) is 52.4 Å². The Bertz CT molecular complexity index is 3000. The Morgan fingerprint density at radius 1 is 0.918 bits per heavy atom. The summed E-state index contributed by atoms with van der Waals surface area (Å²) in [5, 5.41) is 77.8. The van der Waals surface area contributed by atoms with Crippen LogP contribution in [0.15, 0.2) is 41.4 Å². The number of aliphatic imine (C=N–C) groups is 1. The number of ketones is 1. The van der Waals surface area contributed by atoms with Gasteiger partial charge in [0.15, 0.2) is 35.8 Å². The van der Waals surface area contributed by atoms with Gasteiger partial charge in [0.05, 0.1) is 36.5 Å². The minimum atomic E-state index is -1.28. The van der Waals surface area contributed by atoms with Crippen LogP contribution in [0.1, 0.15) is 149 Å². The van der Waals surface area contributed by atoms with Crippen molar-refractivity contribution in [1.29, 1.82) is 0 Å². The average Bonchev–Trinajstić information content (AvgIpc) is 2.79. The molecule has 6 bridgehead atoms. The van der Waals surface area contributed by atoms with E-state index in [0.29, 0.717) is 78.0 Å². The normalized spacial score (nSPS) is 30.1. The van der Waals surface area contributed by atoms with Gasteiger partial charge >= 0.3 is 0 Å². The molecule has 3 saturated carbocycles. The van der Waals surface area contributed by atoms with E-state index in [1.165, 1.54) is 11.6 Å². The van der Waals surface area contributed by atoms with E-state index in [-0.39, 0.29) is 103 Å². The first-order valence-electron chi connectivity index (χ1n) is 31.2. The number of nitrogens with zero attached hydrogens (tertiary/aromatic N) is 1. The lowest BCUT2D eigenvalue weighted by molar-refractivity contribution is -0.121. The molecule has 11 rings (SSSR count). The average molecular weight is 1210 g/mol. The number of phenolic OH excluding ortho intramolecular Hbond substituents is 2. The number of carbonyl (C=O) groups excluding carboxylic acids is 1. The van der Waals surface area contributed by atoms with E-state index >= 15 is 0 Å². The van der Waals surface area contributed by atoms with Gasteiger partial charge in [-0.15, -0.1) is 0 Å². The van der Waals surface area contributed by atoms with Gasteiger partial charge in [-0.3, -0.25) is 10.1 Å². The van der Waals surface area contributed by atoms with E-state index in [4.69, 9.17) is 29.7 Å². The predicted molar refractivity (Wildman–Crippen MR) is 333 cm³/mol. The Hall–Kier alpha value is -4.86. The van der Waals surface area contributed by atoms with Gasteiger partial charge in [0.1, 0.15) is 18.3 Å². The third-order valence-electron chi connectivity index (χ3n) is 20.4. The highest BCUT2D eigenvalue weighted by molar-refractivity contribution is 8.76. The quantitative estimate of drug-likeness (QED) is 0.0469. The zero-order chi connectivity index (χ0) is 59.9. The zero-order valence-electron chi connectivity index (χ0n) is 50.2. The van der Waals surface area contributed by atoms with E-state index in [1.54, 1.807) is 34.8 Å². The van der Waals surface area contributed by atoms with Crippen LogP contribution in [0.25, 0.3) is 0 Å². The molecule has 18 heteroatoms. The van der Waals surface area contributed by atoms with Crippen molar-refractivity contribution in [2.45, 2.75) is 185 Å². The minimum Gasteiger partial charge on any atom is -0.508 e. The van der Waals surface area contributed by atoms with Crippen LogP contribution in [-0.4, -0.2) is 124 Å². The summed E-state index contributed by atoms with van der Waals surface area (Å²) in [6.07, 6.45) is 11.5. The first kappa shape index (κ1) is 63.2. The number of hydrogen-bond donors (Lipinski definition) is 10. The molecular formula is C67H91N5O11S2. The van der Waals surface area contributed by atoms with Gasteiger partial charge in [-0.1, -0.05) is 90.2 Å². The number of aromatic hydroxyl groups is 2. The number of nitrogens with one attached hydrogen (secondary N) is 3. The largest absolute Gasteiger partial charge is 0.508 e. The van der Waals surface area contributed by atoms with Crippen LogP contribution < -0.4 is 35.9 Å². The molecule has 0 saturated heterocycles. The number of nitrogens with two attached hydrogens (primary N) is 1. The third-order valence-corrected chi connectivity index (χ3v) is 22.8. The summed E-state index contributed by atoms with van der Waals surface area (Å²) >= 11 is 0. The fourth-order valence-electron chi connectivity index (χ4n) is 15.8. The number of hydrogen-bond acceptors (Lipinski definition) is 18. The predicted octanol–water partition coefficient (Wildman–Crippen LogP) is 7.98. The Morgan fingerprint density at radius 2 is 1.73 bits per heavy atom. The molecule has 8 aliphatic rings. The number of rotatable bonds is 12. The van der Waals surface area contributed by atoms with Gasteiger partial charge < -0.3 is 66.0 Å². The molecule has 11 N–H and O–H groups in total. The Balaban J connectivity index is 1.12. The van der Waals surface area contributed by atoms with E-state index in [0.717, 1.165) is 99.5 Å². The summed E-state index contributed by atoms with van der Waals surface area (Å²) < 4.78 is 26.0. The van der Waals surface area contributed by atoms with Crippen molar-refractivity contribution in [3.05, 3.63) is 75.3 Å². The Labute approximate surface area is 510 Å². The summed E-state index contributed by atoms with van der Waals surface area (Å²) in [7, 11) is 7.19. The summed E-state index contributed by atoms with van der Waals surface area (Å²) in [6.45, 7) is 4.31. The van der Waals surface area contributed by atoms with Crippen molar-refractivity contribution in [1.82, 2.24) is 16.0 Å². The molecule has 0 radical (unpaired) electrons. The molecule has 3 fully saturated rings. The molecule has 16 nitrogen and oxygen atoms in total. The van der Waals surface area contributed by atoms with E-state index in [2.05, 4.69) is 65.6 Å². The first-order chi connectivity index (χ1) is 41.1. The van der Waals surface area contributed by atoms with Crippen molar-refractivity contribution < 1.29 is 54.4 Å². The topological polar surface area (TPSA) is 250 Å². The maximum Gasteiger partial charge on any atom is 0.201 e. The standard InChI is InChI=1S/C67H91N5O11S2/c1-41(2)57-37-85-84-36-55-54-31-53-45-14-18-51(77)30-50(76)16-12-43-15-19-58(78)61(82-40-74)52(43)10-7-9-46(28-45)60(62(53)83-63(54)79)81-39-70-67(24-8-11-56(55)71-64(68)72-57)38-65(26-21-48(67)33-66(22-5-6-23-66)59(35-73)80-4)25-20-42(32-65)27-44-13-17-49(75)29-47(44)34-69-3/h13,15,17,19,28-29,41-42,48,51,54-57,59,63,69-70,73-75,77-79H,5-6,9,12,14,16,18,20-27,30-40H2,1-4H3,(H3,68,71,72). The zero-order valence-corrected chi connectivity index (χ0v) is 51.8. The monoisotopic (exact) mass is 1210 g/mol. The van der Waals surface area contributed by atoms with E-state index < -0.39 is 36.7 Å². The van der Waals surface area contributed by atoms with Gasteiger partial charge in [-0.25, -0.2) is 4.99 Å². The van der Waals surface area contributed by atoms with Crippen LogP contribution in [0.2, 0.25) is 0 Å². The number of phenols is 2. The van der Waals surface area contributed by atoms with Crippen molar-refractivity contribution in [2.75, 3.05) is 45.8 Å². The lowest BCUT2D eigenvalue weighted by Crippen LogP contribution is -2.59. The van der Waals surface area contributed by atoms with Crippen LogP contribution >= 0.6 is 21.6 Å². The fourth-order valence-corrected chi connectivity index (χ4v) is 18.7. The number of Topliss-reactive ketones (excluding diaryl/α,β-unsaturated/α-hetero) is 1. The minimum absolute atomic E-state index is 0.0136. The number of carbonyl (C=O) groups is 1. The smallest absolute Gasteiger partial charge is 0.201 e. The van der Waals surface area contributed by atoms with Gasteiger partial charge in [-0.2, -0.15) is 0 Å². The second kappa shape index (κ2) is 28.1. The lowest BCUT2D eigenvalue weighted by atomic mass is 9.55. The Morgan fingerprint density at radius 3 is 2.51 bits per heavy atom. The molecule has 0 amide bonds. The molecule has 0 aromatic heterocycles. The molecule has 11 unspecified atom stereocenters. The third kappa shape index (κ3) is 14.4. The summed E-state index contributed by atoms with van der Waals surface area (Å²) in [4.78, 5) is 18.6. The van der Waals surface area contributed by atoms with Crippen LogP contribution in [0, 0.1) is 64.1 Å². The molecule has 4 aliphatic carbocycles. The summed E-state index contributed by atoms with van der Waals surface area (Å²) in [5.41, 5.74) is 12.0. The van der Waals surface area contributed by atoms with Gasteiger partial charge in [-0.05, 0) is 166 Å². The fraction of sp³-hybridized carbons (Fsp3) is 0.642. The number of aliphatic hydroxyl groups is 4. The number of fused-ring (bicyclic) bond motifs is 7. The Kier molecular flexibility index (Phi) is 20.9. The SMILES string of the molecule is CNCc1cc(O)ccc1CC1CCC2(CCC(CC3(C(CO)OC)CCCC3)C3(CC#CC4NC(N)=NC(C(C)C)CSSCC4C4Cc5c6cc(c(c5OC4O)OCN3)CC#Cc3c(ccc(O)c3OCO)CCC(=O)CC(O)CC6)C2)C1. The molecule has 3 aromatic rings. The molecule has 462 valence electrons. The number of methoxy groups -OCH3 is 1. The summed E-state index contributed by atoms with van der Waals surface area (Å²) in [5.74, 6) is 16.8. The van der Waals surface area contributed by atoms with E-state index in [1.807, 2.05) is 19.2 Å². The molecule has 85 heavy (non-hydrogen) atoms. The number of benzene rings is 3. The second-order valence-corrected chi connectivity index (χ2v) is 28.6. The summed E-state index contributed by atoms with van der Waals surface area (Å²) in [6, 6.07) is 10.5. The van der Waals surface area contributed by atoms with Crippen LogP contribution in [-0.2, 0) is 48.2 Å². The van der Waals surface area contributed by atoms with Gasteiger partial charge in [0.2, 0.25) is 6.29 Å². The number of aliphatic hydroxyl groups excluding tert-OH is 4. The van der Waals surface area contributed by atoms with Crippen LogP contribution in [0.4, 0.5) is 0 Å². The maximum absolute atomic E-state index is 13.5. The molecule has 4 heterocycles. The van der Waals surface area contributed by atoms with Crippen molar-refractivity contribution >= 4 is 33.3 Å². The number of guanidine groups is 1. The molecular weight excluding hydrogens is 1110 g/mol. The van der Waals surface area contributed by atoms with Gasteiger partial charge in [0, 0.05) is 79.3 Å². The van der Waals surface area contributed by atoms with Crippen LogP contribution in [0.5, 0.6) is 28.7 Å². The highest BCUT2D eigenvalue weighted by atomic mass is 33.1. The van der Waals surface area contributed by atoms with Crippen molar-refractivity contribution in [3.63, 3.8) is 0 Å². The molecule has 3 aromatic carbocycles. The maximum atomic E-state index is 13.5. The van der Waals surface area contributed by atoms with E-state index in [9.17, 15) is 35.4 Å². The molecule has 4 aliphatic heterocycles. The molecule has 11 atom stereocenters. The van der Waals surface area contributed by atoms with Crippen molar-refractivity contribution in [2.24, 2.45) is 51.1 Å². The molecule has 2 spiro atoms. The second-order valence-electron chi connectivity index (χ2n) is 26.0. The highest BCUT2D eigenvalue weighted by Crippen LogP contribution is 2.60. The number of ether oxygens (including phenoxy) is 4. The highest BCUT2D eigenvalue weighted by Gasteiger charge is 2.55. The first-order valence-corrected chi connectivity index (χ1v) is 33.7. The van der Waals surface area contributed by atoms with Gasteiger partial charge in [0.25, 0.3) is 0 Å².